The molecule has 0 aliphatic heterocycles. The molecule has 0 unspecified atom stereocenters. The average molecular weight is 343 g/mol. The number of aromatic nitrogens is 2. The predicted molar refractivity (Wildman–Crippen MR) is 77.4 cm³/mol. The minimum Gasteiger partial charge on any atom is -0.358 e. The first kappa shape index (κ1) is 13.9. The molecule has 0 aliphatic rings. The third kappa shape index (κ3) is 3.48. The van der Waals surface area contributed by atoms with Crippen molar-refractivity contribution in [1.82, 2.24) is 9.97 Å². The number of pyridine rings is 1. The average Bonchev–Trinajstić information content (AvgIpc) is 2.85. The van der Waals surface area contributed by atoms with Crippen LogP contribution in [-0.4, -0.2) is 14.9 Å². The van der Waals surface area contributed by atoms with Gasteiger partial charge in [0.2, 0.25) is 5.82 Å². The van der Waals surface area contributed by atoms with Gasteiger partial charge in [0.15, 0.2) is 0 Å². The van der Waals surface area contributed by atoms with Crippen molar-refractivity contribution < 1.29 is 4.92 Å². The highest BCUT2D eigenvalue weighted by molar-refractivity contribution is 9.10. The highest BCUT2D eigenvalue weighted by Gasteiger charge is 2.15. The Labute approximate surface area is 122 Å². The fourth-order valence-electron chi connectivity index (χ4n) is 1.46. The fraction of sp³-hybridized carbons (Fsp3) is 0.273. The number of aryl methyl sites for hydroxylation is 1. The first-order chi connectivity index (χ1) is 9.10. The summed E-state index contributed by atoms with van der Waals surface area (Å²) in [7, 11) is 0. The summed E-state index contributed by atoms with van der Waals surface area (Å²) in [5.41, 5.74) is -0.0540. The molecule has 0 aliphatic carbocycles. The third-order valence-electron chi connectivity index (χ3n) is 2.39. The van der Waals surface area contributed by atoms with Crippen LogP contribution in [0.4, 0.5) is 11.5 Å². The zero-order valence-electron chi connectivity index (χ0n) is 10.1. The van der Waals surface area contributed by atoms with Gasteiger partial charge in [0.25, 0.3) is 0 Å². The van der Waals surface area contributed by atoms with Gasteiger partial charge in [0.1, 0.15) is 5.01 Å². The molecule has 0 fully saturated rings. The van der Waals surface area contributed by atoms with E-state index in [2.05, 4.69) is 38.1 Å². The monoisotopic (exact) mass is 342 g/mol. The Morgan fingerprint density at radius 1 is 1.47 bits per heavy atom. The topological polar surface area (TPSA) is 81.0 Å². The maximum Gasteiger partial charge on any atom is 0.312 e. The minimum atomic E-state index is -0.459. The first-order valence-electron chi connectivity index (χ1n) is 5.57. The molecule has 0 spiro atoms. The molecular formula is C11H11BrN4O2S. The standard InChI is InChI=1S/C11H11BrN4O2S/c1-2-8-5-13-10(19-8)6-15-11-9(16(17)18)3-7(12)4-14-11/h3-5H,2,6H2,1H3,(H,14,15). The second-order valence-electron chi connectivity index (χ2n) is 3.71. The Morgan fingerprint density at radius 2 is 2.26 bits per heavy atom. The molecule has 2 rings (SSSR count). The minimum absolute atomic E-state index is 0.0540. The van der Waals surface area contributed by atoms with Gasteiger partial charge in [0.05, 0.1) is 11.5 Å². The zero-order valence-corrected chi connectivity index (χ0v) is 12.5. The van der Waals surface area contributed by atoms with Crippen LogP contribution >= 0.6 is 27.3 Å². The van der Waals surface area contributed by atoms with Crippen molar-refractivity contribution >= 4 is 38.8 Å². The van der Waals surface area contributed by atoms with E-state index in [1.807, 2.05) is 6.20 Å². The molecule has 2 aromatic heterocycles. The van der Waals surface area contributed by atoms with Crippen molar-refractivity contribution in [2.24, 2.45) is 0 Å². The molecule has 1 N–H and O–H groups in total. The number of thiazole rings is 1. The van der Waals surface area contributed by atoms with E-state index in [-0.39, 0.29) is 11.5 Å². The summed E-state index contributed by atoms with van der Waals surface area (Å²) >= 11 is 4.76. The summed E-state index contributed by atoms with van der Waals surface area (Å²) in [4.78, 5) is 19.9. The van der Waals surface area contributed by atoms with E-state index in [9.17, 15) is 10.1 Å². The van der Waals surface area contributed by atoms with E-state index in [1.54, 1.807) is 11.3 Å². The molecule has 0 saturated carbocycles. The summed E-state index contributed by atoms with van der Waals surface area (Å²) in [6.45, 7) is 2.49. The number of nitro groups is 1. The molecular weight excluding hydrogens is 332 g/mol. The molecule has 8 heteroatoms. The van der Waals surface area contributed by atoms with Crippen molar-refractivity contribution in [3.05, 3.63) is 42.9 Å². The van der Waals surface area contributed by atoms with E-state index < -0.39 is 4.92 Å². The van der Waals surface area contributed by atoms with Crippen LogP contribution in [0.2, 0.25) is 0 Å². The van der Waals surface area contributed by atoms with E-state index in [0.717, 1.165) is 11.4 Å². The van der Waals surface area contributed by atoms with Crippen molar-refractivity contribution in [1.29, 1.82) is 0 Å². The van der Waals surface area contributed by atoms with Gasteiger partial charge in [-0.2, -0.15) is 0 Å². The first-order valence-corrected chi connectivity index (χ1v) is 7.18. The van der Waals surface area contributed by atoms with Gasteiger partial charge in [-0.15, -0.1) is 11.3 Å². The van der Waals surface area contributed by atoms with Gasteiger partial charge in [-0.25, -0.2) is 9.97 Å². The fourth-order valence-corrected chi connectivity index (χ4v) is 2.58. The highest BCUT2D eigenvalue weighted by Crippen LogP contribution is 2.26. The van der Waals surface area contributed by atoms with Crippen LogP contribution in [0.5, 0.6) is 0 Å². The smallest absolute Gasteiger partial charge is 0.312 e. The second kappa shape index (κ2) is 6.07. The Hall–Kier alpha value is -1.54. The lowest BCUT2D eigenvalue weighted by Gasteiger charge is -2.04. The molecule has 2 aromatic rings. The molecule has 19 heavy (non-hydrogen) atoms. The SMILES string of the molecule is CCc1cnc(CNc2ncc(Br)cc2[N+](=O)[O-])s1. The lowest BCUT2D eigenvalue weighted by atomic mass is 10.4. The Bertz CT molecular complexity index is 602. The van der Waals surface area contributed by atoms with E-state index in [0.29, 0.717) is 11.0 Å². The molecule has 100 valence electrons. The number of hydrogen-bond acceptors (Lipinski definition) is 6. The van der Waals surface area contributed by atoms with Gasteiger partial charge in [-0.3, -0.25) is 10.1 Å². The molecule has 0 bridgehead atoms. The molecule has 0 saturated heterocycles. The maximum absolute atomic E-state index is 10.9. The summed E-state index contributed by atoms with van der Waals surface area (Å²) in [5.74, 6) is 0.251. The normalized spacial score (nSPS) is 10.4. The van der Waals surface area contributed by atoms with Gasteiger partial charge in [-0.05, 0) is 22.4 Å². The number of rotatable bonds is 5. The maximum atomic E-state index is 10.9. The third-order valence-corrected chi connectivity index (χ3v) is 3.96. The van der Waals surface area contributed by atoms with Gasteiger partial charge in [0, 0.05) is 27.8 Å². The van der Waals surface area contributed by atoms with Crippen molar-refractivity contribution in [2.45, 2.75) is 19.9 Å². The summed E-state index contributed by atoms with van der Waals surface area (Å²) in [6, 6.07) is 1.43. The molecule has 0 radical (unpaired) electrons. The molecule has 6 nitrogen and oxygen atoms in total. The number of hydrogen-bond donors (Lipinski definition) is 1. The Morgan fingerprint density at radius 3 is 2.89 bits per heavy atom. The van der Waals surface area contributed by atoms with Crippen LogP contribution in [0.25, 0.3) is 0 Å². The van der Waals surface area contributed by atoms with Crippen LogP contribution in [0, 0.1) is 10.1 Å². The number of halogens is 1. The Balaban J connectivity index is 2.12. The predicted octanol–water partition coefficient (Wildman–Crippen LogP) is 3.38. The van der Waals surface area contributed by atoms with Crippen LogP contribution in [0.15, 0.2) is 22.9 Å². The quantitative estimate of drug-likeness (QED) is 0.665. The number of anilines is 1. The molecule has 0 atom stereocenters. The summed E-state index contributed by atoms with van der Waals surface area (Å²) < 4.78 is 0.576. The largest absolute Gasteiger partial charge is 0.358 e. The van der Waals surface area contributed by atoms with Crippen molar-refractivity contribution in [2.75, 3.05) is 5.32 Å². The van der Waals surface area contributed by atoms with Crippen LogP contribution in [0.3, 0.4) is 0 Å². The van der Waals surface area contributed by atoms with Crippen molar-refractivity contribution in [3.63, 3.8) is 0 Å². The van der Waals surface area contributed by atoms with Crippen LogP contribution in [-0.2, 0) is 13.0 Å². The molecule has 0 aromatic carbocycles. The van der Waals surface area contributed by atoms with Crippen molar-refractivity contribution in [3.8, 4) is 0 Å². The van der Waals surface area contributed by atoms with E-state index in [1.165, 1.54) is 17.1 Å². The summed E-state index contributed by atoms with van der Waals surface area (Å²) in [5, 5.41) is 14.8. The second-order valence-corrected chi connectivity index (χ2v) is 5.82. The Kier molecular flexibility index (Phi) is 4.43. The lowest BCUT2D eigenvalue weighted by Crippen LogP contribution is -2.04. The van der Waals surface area contributed by atoms with Gasteiger partial charge in [-0.1, -0.05) is 6.92 Å². The van der Waals surface area contributed by atoms with Crippen LogP contribution < -0.4 is 5.32 Å². The number of nitrogens with one attached hydrogen (secondary N) is 1. The lowest BCUT2D eigenvalue weighted by molar-refractivity contribution is -0.384. The highest BCUT2D eigenvalue weighted by atomic mass is 79.9. The van der Waals surface area contributed by atoms with Gasteiger partial charge >= 0.3 is 5.69 Å². The summed E-state index contributed by atoms with van der Waals surface area (Å²) in [6.07, 6.45) is 4.29. The molecule has 0 amide bonds. The van der Waals surface area contributed by atoms with Crippen LogP contribution in [0.1, 0.15) is 16.8 Å². The number of nitrogens with zero attached hydrogens (tertiary/aromatic N) is 3. The van der Waals surface area contributed by atoms with Gasteiger partial charge < -0.3 is 5.32 Å². The molecule has 2 heterocycles. The van der Waals surface area contributed by atoms with E-state index >= 15 is 0 Å². The zero-order chi connectivity index (χ0) is 13.8. The van der Waals surface area contributed by atoms with E-state index in [4.69, 9.17) is 0 Å².